The fourth-order valence-corrected chi connectivity index (χ4v) is 1.91. The molecule has 1 aliphatic heterocycles. The third kappa shape index (κ3) is 2.18. The van der Waals surface area contributed by atoms with E-state index < -0.39 is 12.0 Å². The number of alkyl halides is 1. The Morgan fingerprint density at radius 2 is 2.33 bits per heavy atom. The van der Waals surface area contributed by atoms with Crippen molar-refractivity contribution < 1.29 is 14.6 Å². The number of hydrogen-bond acceptors (Lipinski definition) is 3. The molecule has 2 N–H and O–H groups in total. The summed E-state index contributed by atoms with van der Waals surface area (Å²) in [5, 5.41) is 11.6. The second kappa shape index (κ2) is 4.20. The molecule has 70 valence electrons. The predicted octanol–water partition coefficient (Wildman–Crippen LogP) is 0.559. The van der Waals surface area contributed by atoms with E-state index in [1.807, 2.05) is 0 Å². The lowest BCUT2D eigenvalue weighted by Crippen LogP contribution is -2.52. The first-order valence-electron chi connectivity index (χ1n) is 3.81. The van der Waals surface area contributed by atoms with Gasteiger partial charge >= 0.3 is 5.97 Å². The molecule has 0 bridgehead atoms. The summed E-state index contributed by atoms with van der Waals surface area (Å²) in [6.07, 6.45) is 1.27. The SMILES string of the molecule is COC1NC(C(=O)O)CCC1Br. The van der Waals surface area contributed by atoms with Gasteiger partial charge in [0.05, 0.1) is 4.83 Å². The molecule has 5 heteroatoms. The minimum absolute atomic E-state index is 0.195. The zero-order valence-corrected chi connectivity index (χ0v) is 8.37. The van der Waals surface area contributed by atoms with Gasteiger partial charge in [0.2, 0.25) is 0 Å². The monoisotopic (exact) mass is 237 g/mol. The van der Waals surface area contributed by atoms with Crippen LogP contribution in [0.2, 0.25) is 0 Å². The van der Waals surface area contributed by atoms with Crippen molar-refractivity contribution in [3.05, 3.63) is 0 Å². The summed E-state index contributed by atoms with van der Waals surface area (Å²) >= 11 is 3.41. The van der Waals surface area contributed by atoms with Crippen LogP contribution in [0.15, 0.2) is 0 Å². The lowest BCUT2D eigenvalue weighted by molar-refractivity contribution is -0.141. The van der Waals surface area contributed by atoms with Gasteiger partial charge in [-0.15, -0.1) is 0 Å². The maximum Gasteiger partial charge on any atom is 0.320 e. The van der Waals surface area contributed by atoms with Crippen molar-refractivity contribution in [2.75, 3.05) is 7.11 Å². The summed E-state index contributed by atoms with van der Waals surface area (Å²) in [6, 6.07) is -0.469. The number of ether oxygens (including phenoxy) is 1. The van der Waals surface area contributed by atoms with E-state index in [9.17, 15) is 4.79 Å². The lowest BCUT2D eigenvalue weighted by Gasteiger charge is -2.31. The first kappa shape index (κ1) is 9.95. The minimum Gasteiger partial charge on any atom is -0.480 e. The van der Waals surface area contributed by atoms with Gasteiger partial charge in [-0.2, -0.15) is 0 Å². The number of nitrogens with one attached hydrogen (secondary N) is 1. The number of aliphatic carboxylic acids is 1. The van der Waals surface area contributed by atoms with Gasteiger partial charge in [0.25, 0.3) is 0 Å². The Balaban J connectivity index is 2.49. The highest BCUT2D eigenvalue weighted by Gasteiger charge is 2.31. The molecule has 3 unspecified atom stereocenters. The molecular weight excluding hydrogens is 226 g/mol. The first-order chi connectivity index (χ1) is 5.65. The topological polar surface area (TPSA) is 58.6 Å². The van der Waals surface area contributed by atoms with Gasteiger partial charge in [-0.05, 0) is 12.8 Å². The van der Waals surface area contributed by atoms with Gasteiger partial charge < -0.3 is 9.84 Å². The van der Waals surface area contributed by atoms with Gasteiger partial charge in [-0.25, -0.2) is 0 Å². The van der Waals surface area contributed by atoms with Crippen molar-refractivity contribution in [2.24, 2.45) is 0 Å². The zero-order valence-electron chi connectivity index (χ0n) is 6.79. The summed E-state index contributed by atoms with van der Waals surface area (Å²) < 4.78 is 5.06. The fraction of sp³-hybridized carbons (Fsp3) is 0.857. The molecule has 0 aromatic carbocycles. The van der Waals surface area contributed by atoms with Crippen LogP contribution < -0.4 is 5.32 Å². The molecule has 0 amide bonds. The Kier molecular flexibility index (Phi) is 3.49. The number of methoxy groups -OCH3 is 1. The smallest absolute Gasteiger partial charge is 0.320 e. The Hall–Kier alpha value is -0.130. The van der Waals surface area contributed by atoms with E-state index in [-0.39, 0.29) is 11.1 Å². The van der Waals surface area contributed by atoms with Crippen LogP contribution in [-0.2, 0) is 9.53 Å². The average Bonchev–Trinajstić information content (AvgIpc) is 2.05. The van der Waals surface area contributed by atoms with E-state index in [2.05, 4.69) is 21.2 Å². The number of piperidine rings is 1. The molecule has 0 spiro atoms. The van der Waals surface area contributed by atoms with Crippen LogP contribution in [0.3, 0.4) is 0 Å². The lowest BCUT2D eigenvalue weighted by atomic mass is 10.0. The highest BCUT2D eigenvalue weighted by atomic mass is 79.9. The molecule has 1 heterocycles. The second-order valence-corrected chi connectivity index (χ2v) is 3.98. The highest BCUT2D eigenvalue weighted by molar-refractivity contribution is 9.09. The van der Waals surface area contributed by atoms with Crippen LogP contribution in [0, 0.1) is 0 Å². The average molecular weight is 238 g/mol. The van der Waals surface area contributed by atoms with E-state index in [1.165, 1.54) is 0 Å². The van der Waals surface area contributed by atoms with E-state index in [0.717, 1.165) is 6.42 Å². The van der Waals surface area contributed by atoms with Gasteiger partial charge in [0, 0.05) is 7.11 Å². The van der Waals surface area contributed by atoms with Crippen molar-refractivity contribution in [1.82, 2.24) is 5.32 Å². The highest BCUT2D eigenvalue weighted by Crippen LogP contribution is 2.20. The molecule has 12 heavy (non-hydrogen) atoms. The second-order valence-electron chi connectivity index (χ2n) is 2.81. The van der Waals surface area contributed by atoms with Gasteiger partial charge in [-0.1, -0.05) is 15.9 Å². The fourth-order valence-electron chi connectivity index (χ4n) is 1.27. The normalized spacial score (nSPS) is 36.3. The number of carbonyl (C=O) groups is 1. The molecule has 0 aromatic heterocycles. The molecule has 1 rings (SSSR count). The standard InChI is InChI=1S/C7H12BrNO3/c1-12-6-4(8)2-3-5(9-6)7(10)11/h4-6,9H,2-3H2,1H3,(H,10,11). The summed E-state index contributed by atoms with van der Waals surface area (Å²) in [5.41, 5.74) is 0. The number of hydrogen-bond donors (Lipinski definition) is 2. The molecular formula is C7H12BrNO3. The molecule has 3 atom stereocenters. The molecule has 1 saturated heterocycles. The van der Waals surface area contributed by atoms with E-state index in [1.54, 1.807) is 7.11 Å². The van der Waals surface area contributed by atoms with Gasteiger partial charge in [-0.3, -0.25) is 10.1 Å². The molecule has 0 saturated carbocycles. The Morgan fingerprint density at radius 3 is 2.83 bits per heavy atom. The molecule has 4 nitrogen and oxygen atoms in total. The summed E-state index contributed by atoms with van der Waals surface area (Å²) in [5.74, 6) is -0.809. The van der Waals surface area contributed by atoms with Crippen molar-refractivity contribution in [2.45, 2.75) is 29.9 Å². The Bertz CT molecular complexity index is 176. The van der Waals surface area contributed by atoms with E-state index in [0.29, 0.717) is 6.42 Å². The van der Waals surface area contributed by atoms with Crippen molar-refractivity contribution in [3.8, 4) is 0 Å². The molecule has 1 fully saturated rings. The Morgan fingerprint density at radius 1 is 1.67 bits per heavy atom. The number of halogens is 1. The van der Waals surface area contributed by atoms with Gasteiger partial charge in [0.15, 0.2) is 0 Å². The first-order valence-corrected chi connectivity index (χ1v) is 4.72. The van der Waals surface area contributed by atoms with Crippen LogP contribution in [0.5, 0.6) is 0 Å². The summed E-state index contributed by atoms with van der Waals surface area (Å²) in [6.45, 7) is 0. The van der Waals surface area contributed by atoms with Crippen LogP contribution in [0.1, 0.15) is 12.8 Å². The van der Waals surface area contributed by atoms with Crippen LogP contribution in [-0.4, -0.2) is 35.3 Å². The minimum atomic E-state index is -0.809. The van der Waals surface area contributed by atoms with Crippen LogP contribution >= 0.6 is 15.9 Å². The third-order valence-electron chi connectivity index (χ3n) is 1.98. The zero-order chi connectivity index (χ0) is 9.14. The molecule has 0 aliphatic carbocycles. The quantitative estimate of drug-likeness (QED) is 0.690. The molecule has 0 radical (unpaired) electrons. The number of rotatable bonds is 2. The number of carboxylic acid groups (broad SMARTS) is 1. The number of carboxylic acids is 1. The largest absolute Gasteiger partial charge is 0.480 e. The van der Waals surface area contributed by atoms with Crippen molar-refractivity contribution in [1.29, 1.82) is 0 Å². The Labute approximate surface area is 79.4 Å². The van der Waals surface area contributed by atoms with Crippen LogP contribution in [0.25, 0.3) is 0 Å². The maximum absolute atomic E-state index is 10.6. The van der Waals surface area contributed by atoms with Crippen molar-refractivity contribution in [3.63, 3.8) is 0 Å². The predicted molar refractivity (Wildman–Crippen MR) is 47.3 cm³/mol. The van der Waals surface area contributed by atoms with E-state index >= 15 is 0 Å². The third-order valence-corrected chi connectivity index (χ3v) is 2.92. The summed E-state index contributed by atoms with van der Waals surface area (Å²) in [7, 11) is 1.57. The molecule has 0 aromatic rings. The molecule has 1 aliphatic rings. The summed E-state index contributed by atoms with van der Waals surface area (Å²) in [4.78, 5) is 10.8. The van der Waals surface area contributed by atoms with Gasteiger partial charge in [0.1, 0.15) is 12.3 Å². The maximum atomic E-state index is 10.6. The van der Waals surface area contributed by atoms with Crippen LogP contribution in [0.4, 0.5) is 0 Å². The van der Waals surface area contributed by atoms with E-state index in [4.69, 9.17) is 9.84 Å². The van der Waals surface area contributed by atoms with Crippen molar-refractivity contribution >= 4 is 21.9 Å².